The second-order valence-electron chi connectivity index (χ2n) is 5.47. The van der Waals surface area contributed by atoms with E-state index in [1.165, 1.54) is 0 Å². The van der Waals surface area contributed by atoms with Gasteiger partial charge in [-0.05, 0) is 25.5 Å². The first-order valence-electron chi connectivity index (χ1n) is 7.11. The first-order chi connectivity index (χ1) is 9.61. The molecule has 5 heteroatoms. The number of piperidine rings is 1. The minimum absolute atomic E-state index is 0.0841. The van der Waals surface area contributed by atoms with E-state index in [0.717, 1.165) is 29.7 Å². The predicted octanol–water partition coefficient (Wildman–Crippen LogP) is 1.68. The summed E-state index contributed by atoms with van der Waals surface area (Å²) in [6.07, 6.45) is 3.20. The van der Waals surface area contributed by atoms with Crippen molar-refractivity contribution in [2.45, 2.75) is 32.5 Å². The number of aromatic nitrogens is 1. The van der Waals surface area contributed by atoms with Crippen molar-refractivity contribution in [3.63, 3.8) is 0 Å². The van der Waals surface area contributed by atoms with E-state index in [1.807, 2.05) is 18.7 Å². The number of nitrogens with zero attached hydrogens (tertiary/aromatic N) is 2. The fourth-order valence-electron chi connectivity index (χ4n) is 2.88. The summed E-state index contributed by atoms with van der Waals surface area (Å²) in [6, 6.07) is 1.80. The zero-order chi connectivity index (χ0) is 14.2. The average Bonchev–Trinajstić information content (AvgIpc) is 2.90. The molecule has 3 heterocycles. The SMILES string of the molecule is Cc1nccc(C(=O)N2CCC3(CC2)OCCO3)c1C. The van der Waals surface area contributed by atoms with E-state index in [9.17, 15) is 4.79 Å². The number of carbonyl (C=O) groups excluding carboxylic acids is 1. The zero-order valence-corrected chi connectivity index (χ0v) is 12.0. The van der Waals surface area contributed by atoms with Gasteiger partial charge in [0.2, 0.25) is 0 Å². The van der Waals surface area contributed by atoms with Gasteiger partial charge in [0.1, 0.15) is 0 Å². The normalized spacial score (nSPS) is 21.4. The molecule has 1 spiro atoms. The molecule has 2 aliphatic heterocycles. The van der Waals surface area contributed by atoms with Crippen LogP contribution in [0.5, 0.6) is 0 Å². The number of hydrogen-bond donors (Lipinski definition) is 0. The fourth-order valence-corrected chi connectivity index (χ4v) is 2.88. The van der Waals surface area contributed by atoms with Gasteiger partial charge >= 0.3 is 0 Å². The Morgan fingerprint density at radius 2 is 1.90 bits per heavy atom. The van der Waals surface area contributed by atoms with Crippen LogP contribution in [0.2, 0.25) is 0 Å². The monoisotopic (exact) mass is 276 g/mol. The molecule has 0 radical (unpaired) electrons. The Bertz CT molecular complexity index is 514. The lowest BCUT2D eigenvalue weighted by molar-refractivity contribution is -0.181. The fraction of sp³-hybridized carbons (Fsp3) is 0.600. The molecule has 2 aliphatic rings. The van der Waals surface area contributed by atoms with Gasteiger partial charge in [-0.3, -0.25) is 9.78 Å². The van der Waals surface area contributed by atoms with E-state index < -0.39 is 5.79 Å². The summed E-state index contributed by atoms with van der Waals surface area (Å²) in [5.41, 5.74) is 2.62. The van der Waals surface area contributed by atoms with Gasteiger partial charge in [0.25, 0.3) is 5.91 Å². The van der Waals surface area contributed by atoms with Crippen LogP contribution < -0.4 is 0 Å². The largest absolute Gasteiger partial charge is 0.347 e. The molecule has 1 amide bonds. The summed E-state index contributed by atoms with van der Waals surface area (Å²) in [5, 5.41) is 0. The van der Waals surface area contributed by atoms with Crippen LogP contribution in [0.3, 0.4) is 0 Å². The molecule has 2 fully saturated rings. The molecule has 1 aromatic rings. The van der Waals surface area contributed by atoms with Crippen molar-refractivity contribution in [1.82, 2.24) is 9.88 Å². The van der Waals surface area contributed by atoms with Crippen LogP contribution >= 0.6 is 0 Å². The number of likely N-dealkylation sites (tertiary alicyclic amines) is 1. The number of carbonyl (C=O) groups is 1. The predicted molar refractivity (Wildman–Crippen MR) is 73.5 cm³/mol. The highest BCUT2D eigenvalue weighted by Crippen LogP contribution is 2.31. The van der Waals surface area contributed by atoms with Crippen molar-refractivity contribution in [3.8, 4) is 0 Å². The Morgan fingerprint density at radius 1 is 1.25 bits per heavy atom. The molecule has 0 unspecified atom stereocenters. The van der Waals surface area contributed by atoms with Gasteiger partial charge in [-0.2, -0.15) is 0 Å². The lowest BCUT2D eigenvalue weighted by Gasteiger charge is -2.37. The van der Waals surface area contributed by atoms with Gasteiger partial charge in [0.05, 0.1) is 13.2 Å². The minimum Gasteiger partial charge on any atom is -0.347 e. The van der Waals surface area contributed by atoms with Gasteiger partial charge in [-0.15, -0.1) is 0 Å². The molecule has 0 atom stereocenters. The molecule has 0 N–H and O–H groups in total. The van der Waals surface area contributed by atoms with Crippen molar-refractivity contribution in [3.05, 3.63) is 29.1 Å². The molecule has 2 saturated heterocycles. The summed E-state index contributed by atoms with van der Waals surface area (Å²) in [4.78, 5) is 18.7. The second kappa shape index (κ2) is 5.14. The van der Waals surface area contributed by atoms with Crippen molar-refractivity contribution < 1.29 is 14.3 Å². The molecule has 0 aromatic carbocycles. The van der Waals surface area contributed by atoms with E-state index in [4.69, 9.17) is 9.47 Å². The van der Waals surface area contributed by atoms with E-state index in [2.05, 4.69) is 4.98 Å². The molecule has 20 heavy (non-hydrogen) atoms. The third-order valence-electron chi connectivity index (χ3n) is 4.31. The van der Waals surface area contributed by atoms with Crippen LogP contribution in [0.15, 0.2) is 12.3 Å². The molecule has 1 aromatic heterocycles. The summed E-state index contributed by atoms with van der Waals surface area (Å²) in [5.74, 6) is -0.346. The van der Waals surface area contributed by atoms with E-state index in [0.29, 0.717) is 26.3 Å². The molecule has 0 saturated carbocycles. The molecule has 0 bridgehead atoms. The van der Waals surface area contributed by atoms with Crippen LogP contribution in [-0.2, 0) is 9.47 Å². The van der Waals surface area contributed by atoms with Gasteiger partial charge in [0, 0.05) is 43.4 Å². The lowest BCUT2D eigenvalue weighted by atomic mass is 10.0. The summed E-state index contributed by atoms with van der Waals surface area (Å²) in [6.45, 7) is 6.56. The number of aryl methyl sites for hydroxylation is 1. The Hall–Kier alpha value is -1.46. The highest BCUT2D eigenvalue weighted by molar-refractivity contribution is 5.95. The number of rotatable bonds is 1. The summed E-state index contributed by atoms with van der Waals surface area (Å²) >= 11 is 0. The third-order valence-corrected chi connectivity index (χ3v) is 4.31. The zero-order valence-electron chi connectivity index (χ0n) is 12.0. The van der Waals surface area contributed by atoms with Crippen LogP contribution in [0.25, 0.3) is 0 Å². The highest BCUT2D eigenvalue weighted by Gasteiger charge is 2.40. The van der Waals surface area contributed by atoms with E-state index in [1.54, 1.807) is 12.3 Å². The summed E-state index contributed by atoms with van der Waals surface area (Å²) < 4.78 is 11.4. The van der Waals surface area contributed by atoms with Gasteiger partial charge in [-0.25, -0.2) is 0 Å². The maximum Gasteiger partial charge on any atom is 0.254 e. The van der Waals surface area contributed by atoms with Crippen LogP contribution in [0, 0.1) is 13.8 Å². The van der Waals surface area contributed by atoms with Crippen LogP contribution in [0.1, 0.15) is 34.5 Å². The van der Waals surface area contributed by atoms with Crippen LogP contribution in [0.4, 0.5) is 0 Å². The Labute approximate surface area is 118 Å². The first-order valence-corrected chi connectivity index (χ1v) is 7.11. The average molecular weight is 276 g/mol. The van der Waals surface area contributed by atoms with E-state index >= 15 is 0 Å². The maximum atomic E-state index is 12.6. The highest BCUT2D eigenvalue weighted by atomic mass is 16.7. The number of ether oxygens (including phenoxy) is 2. The molecule has 5 nitrogen and oxygen atoms in total. The van der Waals surface area contributed by atoms with Crippen molar-refractivity contribution >= 4 is 5.91 Å². The molecule has 108 valence electrons. The number of amides is 1. The van der Waals surface area contributed by atoms with Crippen molar-refractivity contribution in [2.75, 3.05) is 26.3 Å². The van der Waals surface area contributed by atoms with Crippen molar-refractivity contribution in [1.29, 1.82) is 0 Å². The van der Waals surface area contributed by atoms with Crippen molar-refractivity contribution in [2.24, 2.45) is 0 Å². The van der Waals surface area contributed by atoms with Gasteiger partial charge in [-0.1, -0.05) is 0 Å². The molecular weight excluding hydrogens is 256 g/mol. The molecule has 3 rings (SSSR count). The quantitative estimate of drug-likeness (QED) is 0.783. The van der Waals surface area contributed by atoms with Gasteiger partial charge < -0.3 is 14.4 Å². The number of hydrogen-bond acceptors (Lipinski definition) is 4. The Balaban J connectivity index is 1.71. The Kier molecular flexibility index (Phi) is 3.48. The van der Waals surface area contributed by atoms with Crippen LogP contribution in [-0.4, -0.2) is 47.9 Å². The first kappa shape index (κ1) is 13.5. The number of pyridine rings is 1. The smallest absolute Gasteiger partial charge is 0.254 e. The molecule has 0 aliphatic carbocycles. The van der Waals surface area contributed by atoms with Gasteiger partial charge in [0.15, 0.2) is 5.79 Å². The minimum atomic E-state index is -0.431. The molecular formula is C15H20N2O3. The topological polar surface area (TPSA) is 51.7 Å². The standard InChI is InChI=1S/C15H20N2O3/c1-11-12(2)16-6-3-13(11)14(18)17-7-4-15(5-8-17)19-9-10-20-15/h3,6H,4-5,7-10H2,1-2H3. The maximum absolute atomic E-state index is 12.6. The Morgan fingerprint density at radius 3 is 2.55 bits per heavy atom. The van der Waals surface area contributed by atoms with E-state index in [-0.39, 0.29) is 5.91 Å². The lowest BCUT2D eigenvalue weighted by Crippen LogP contribution is -2.47. The summed E-state index contributed by atoms with van der Waals surface area (Å²) in [7, 11) is 0. The second-order valence-corrected chi connectivity index (χ2v) is 5.47. The third kappa shape index (κ3) is 2.31.